The number of carbonyl (C=O) groups is 3. The molecule has 1 aliphatic rings. The van der Waals surface area contributed by atoms with Gasteiger partial charge in [0.25, 0.3) is 5.91 Å². The van der Waals surface area contributed by atoms with Crippen LogP contribution in [0.3, 0.4) is 0 Å². The maximum Gasteiger partial charge on any atom is 0.410 e. The molecule has 4 N–H and O–H groups in total. The van der Waals surface area contributed by atoms with Gasteiger partial charge in [-0.2, -0.15) is 0 Å². The fourth-order valence-electron chi connectivity index (χ4n) is 1.24. The number of carbonyl (C=O) groups excluding carboxylic acids is 3. The Labute approximate surface area is 80.0 Å². The zero-order valence-electron chi connectivity index (χ0n) is 7.60. The van der Waals surface area contributed by atoms with E-state index in [1.54, 1.807) is 0 Å². The van der Waals surface area contributed by atoms with Crippen LogP contribution in [0.15, 0.2) is 0 Å². The van der Waals surface area contributed by atoms with Crippen LogP contribution < -0.4 is 11.5 Å². The van der Waals surface area contributed by atoms with E-state index in [2.05, 4.69) is 4.74 Å². The first-order valence-electron chi connectivity index (χ1n) is 3.94. The second-order valence-electron chi connectivity index (χ2n) is 3.10. The predicted octanol–water partition coefficient (Wildman–Crippen LogP) is -1.98. The van der Waals surface area contributed by atoms with Crippen molar-refractivity contribution in [1.82, 2.24) is 4.90 Å². The third-order valence-electron chi connectivity index (χ3n) is 2.02. The van der Waals surface area contributed by atoms with E-state index in [0.29, 0.717) is 0 Å². The minimum absolute atomic E-state index is 0.0434. The lowest BCUT2D eigenvalue weighted by molar-refractivity contribution is -0.141. The van der Waals surface area contributed by atoms with Gasteiger partial charge < -0.3 is 21.1 Å². The number of rotatable bonds is 2. The Morgan fingerprint density at radius 3 is 2.43 bits per heavy atom. The van der Waals surface area contributed by atoms with Gasteiger partial charge in [-0.3, -0.25) is 9.59 Å². The molecule has 7 heteroatoms. The van der Waals surface area contributed by atoms with Crippen LogP contribution >= 0.6 is 0 Å². The molecule has 2 unspecified atom stereocenters. The summed E-state index contributed by atoms with van der Waals surface area (Å²) in [7, 11) is 1.44. The maximum atomic E-state index is 11.0. The average Bonchev–Trinajstić information content (AvgIpc) is 2.08. The van der Waals surface area contributed by atoms with Gasteiger partial charge in [-0.05, 0) is 0 Å². The first-order chi connectivity index (χ1) is 6.43. The Hall–Kier alpha value is -1.79. The quantitative estimate of drug-likeness (QED) is 0.538. The number of nitrogens with zero attached hydrogens (tertiary/aromatic N) is 1. The molecule has 78 valence electrons. The number of ether oxygens (including phenoxy) is 1. The van der Waals surface area contributed by atoms with Crippen LogP contribution in [0, 0.1) is 5.92 Å². The van der Waals surface area contributed by atoms with Crippen LogP contribution in [0.25, 0.3) is 0 Å². The largest absolute Gasteiger partial charge is 0.435 e. The van der Waals surface area contributed by atoms with Gasteiger partial charge in [-0.1, -0.05) is 0 Å². The van der Waals surface area contributed by atoms with E-state index in [-0.39, 0.29) is 6.54 Å². The van der Waals surface area contributed by atoms with Crippen molar-refractivity contribution in [2.45, 2.75) is 6.10 Å². The topological polar surface area (TPSA) is 116 Å². The molecule has 7 nitrogen and oxygen atoms in total. The molecule has 0 radical (unpaired) electrons. The second kappa shape index (κ2) is 3.52. The molecule has 1 rings (SSSR count). The van der Waals surface area contributed by atoms with Gasteiger partial charge in [0, 0.05) is 13.6 Å². The van der Waals surface area contributed by atoms with E-state index in [9.17, 15) is 14.4 Å². The number of cyclic esters (lactones) is 1. The SMILES string of the molecule is CN1CC(C(N)=O)C(C(N)=O)OC1=O. The van der Waals surface area contributed by atoms with Crippen LogP contribution in [0.5, 0.6) is 0 Å². The lowest BCUT2D eigenvalue weighted by atomic mass is 9.99. The van der Waals surface area contributed by atoms with Gasteiger partial charge in [0.2, 0.25) is 5.91 Å². The van der Waals surface area contributed by atoms with E-state index in [1.165, 1.54) is 7.05 Å². The Bertz CT molecular complexity index is 291. The first-order valence-corrected chi connectivity index (χ1v) is 3.94. The average molecular weight is 201 g/mol. The van der Waals surface area contributed by atoms with Crippen molar-refractivity contribution < 1.29 is 19.1 Å². The van der Waals surface area contributed by atoms with Gasteiger partial charge >= 0.3 is 6.09 Å². The van der Waals surface area contributed by atoms with Crippen LogP contribution in [-0.2, 0) is 14.3 Å². The molecule has 0 aromatic heterocycles. The maximum absolute atomic E-state index is 11.0. The smallest absolute Gasteiger partial charge is 0.410 e. The number of nitrogens with two attached hydrogens (primary N) is 2. The van der Waals surface area contributed by atoms with Gasteiger partial charge in [0.1, 0.15) is 5.92 Å². The molecule has 0 aromatic rings. The minimum Gasteiger partial charge on any atom is -0.435 e. The van der Waals surface area contributed by atoms with Crippen LogP contribution in [0.4, 0.5) is 4.79 Å². The van der Waals surface area contributed by atoms with E-state index in [0.717, 1.165) is 4.90 Å². The fraction of sp³-hybridized carbons (Fsp3) is 0.571. The predicted molar refractivity (Wildman–Crippen MR) is 44.8 cm³/mol. The summed E-state index contributed by atoms with van der Waals surface area (Å²) >= 11 is 0. The summed E-state index contributed by atoms with van der Waals surface area (Å²) in [4.78, 5) is 33.9. The highest BCUT2D eigenvalue weighted by Gasteiger charge is 2.40. The lowest BCUT2D eigenvalue weighted by Crippen LogP contribution is -2.55. The van der Waals surface area contributed by atoms with Crippen molar-refractivity contribution in [2.24, 2.45) is 17.4 Å². The van der Waals surface area contributed by atoms with Gasteiger partial charge in [-0.15, -0.1) is 0 Å². The molecular formula is C7H11N3O4. The highest BCUT2D eigenvalue weighted by atomic mass is 16.6. The number of amides is 3. The van der Waals surface area contributed by atoms with Gasteiger partial charge in [0.05, 0.1) is 0 Å². The van der Waals surface area contributed by atoms with Crippen molar-refractivity contribution in [3.8, 4) is 0 Å². The summed E-state index contributed by atoms with van der Waals surface area (Å²) in [5.74, 6) is -2.46. The van der Waals surface area contributed by atoms with E-state index >= 15 is 0 Å². The third-order valence-corrected chi connectivity index (χ3v) is 2.02. The summed E-state index contributed by atoms with van der Waals surface area (Å²) in [5.41, 5.74) is 10.00. The molecule has 0 saturated carbocycles. The molecule has 1 fully saturated rings. The fourth-order valence-corrected chi connectivity index (χ4v) is 1.24. The number of hydrogen-bond donors (Lipinski definition) is 2. The molecule has 2 atom stereocenters. The molecule has 14 heavy (non-hydrogen) atoms. The summed E-state index contributed by atoms with van der Waals surface area (Å²) in [5, 5.41) is 0. The highest BCUT2D eigenvalue weighted by Crippen LogP contribution is 2.16. The van der Waals surface area contributed by atoms with Crippen molar-refractivity contribution in [2.75, 3.05) is 13.6 Å². The molecular weight excluding hydrogens is 190 g/mol. The molecule has 3 amide bonds. The van der Waals surface area contributed by atoms with Crippen molar-refractivity contribution in [3.63, 3.8) is 0 Å². The summed E-state index contributed by atoms with van der Waals surface area (Å²) < 4.78 is 4.65. The van der Waals surface area contributed by atoms with E-state index < -0.39 is 29.9 Å². The van der Waals surface area contributed by atoms with Crippen molar-refractivity contribution in [3.05, 3.63) is 0 Å². The van der Waals surface area contributed by atoms with Crippen LogP contribution in [0.2, 0.25) is 0 Å². The lowest BCUT2D eigenvalue weighted by Gasteiger charge is -2.32. The van der Waals surface area contributed by atoms with Crippen LogP contribution in [0.1, 0.15) is 0 Å². The summed E-state index contributed by atoms with van der Waals surface area (Å²) in [6.45, 7) is 0.0434. The number of primary amides is 2. The molecule has 1 aliphatic heterocycles. The monoisotopic (exact) mass is 201 g/mol. The van der Waals surface area contributed by atoms with Crippen molar-refractivity contribution >= 4 is 17.9 Å². The minimum atomic E-state index is -1.25. The molecule has 0 spiro atoms. The van der Waals surface area contributed by atoms with Crippen molar-refractivity contribution in [1.29, 1.82) is 0 Å². The molecule has 0 aliphatic carbocycles. The molecule has 0 aromatic carbocycles. The van der Waals surface area contributed by atoms with Gasteiger partial charge in [0.15, 0.2) is 6.10 Å². The number of hydrogen-bond acceptors (Lipinski definition) is 4. The summed E-state index contributed by atoms with van der Waals surface area (Å²) in [6, 6.07) is 0. The second-order valence-corrected chi connectivity index (χ2v) is 3.10. The Balaban J connectivity index is 2.85. The van der Waals surface area contributed by atoms with Gasteiger partial charge in [-0.25, -0.2) is 4.79 Å². The highest BCUT2D eigenvalue weighted by molar-refractivity contribution is 5.90. The molecule has 0 bridgehead atoms. The Kier molecular flexibility index (Phi) is 2.59. The summed E-state index contributed by atoms with van der Waals surface area (Å²) in [6.07, 6.45) is -1.94. The standard InChI is InChI=1S/C7H11N3O4/c1-10-2-3(5(8)11)4(6(9)12)14-7(10)13/h3-4H,2H2,1H3,(H2,8,11)(H2,9,12). The molecule has 1 heterocycles. The van der Waals surface area contributed by atoms with Crippen LogP contribution in [-0.4, -0.2) is 42.5 Å². The van der Waals surface area contributed by atoms with E-state index in [1.807, 2.05) is 0 Å². The van der Waals surface area contributed by atoms with E-state index in [4.69, 9.17) is 11.5 Å². The Morgan fingerprint density at radius 1 is 1.43 bits per heavy atom. The Morgan fingerprint density at radius 2 is 2.00 bits per heavy atom. The zero-order chi connectivity index (χ0) is 10.9. The zero-order valence-corrected chi connectivity index (χ0v) is 7.60. The normalized spacial score (nSPS) is 26.9. The molecule has 1 saturated heterocycles. The first kappa shape index (κ1) is 10.3. The third kappa shape index (κ3) is 1.76.